The third-order valence-electron chi connectivity index (χ3n) is 6.10. The van der Waals surface area contributed by atoms with Gasteiger partial charge in [-0.1, -0.05) is 50.2 Å². The van der Waals surface area contributed by atoms with E-state index in [2.05, 4.69) is 5.32 Å². The molecule has 0 saturated carbocycles. The number of benzene rings is 2. The second-order valence-electron chi connectivity index (χ2n) is 8.79. The van der Waals surface area contributed by atoms with Crippen molar-refractivity contribution in [1.29, 1.82) is 0 Å². The number of fused-ring (bicyclic) bond motifs is 2. The average Bonchev–Trinajstić information content (AvgIpc) is 2.85. The Morgan fingerprint density at radius 1 is 1.03 bits per heavy atom. The van der Waals surface area contributed by atoms with Crippen molar-refractivity contribution in [2.75, 3.05) is 24.5 Å². The van der Waals surface area contributed by atoms with Crippen LogP contribution in [0.2, 0.25) is 0 Å². The summed E-state index contributed by atoms with van der Waals surface area (Å²) in [6.45, 7) is 5.55. The molecule has 0 amide bonds. The van der Waals surface area contributed by atoms with Crippen LogP contribution >= 0.6 is 0 Å². The summed E-state index contributed by atoms with van der Waals surface area (Å²) in [6.07, 6.45) is -5.08. The first-order valence-corrected chi connectivity index (χ1v) is 11.2. The smallest absolute Gasteiger partial charge is 0.475 e. The van der Waals surface area contributed by atoms with Gasteiger partial charge in [-0.05, 0) is 12.0 Å². The minimum atomic E-state index is -5.08. The van der Waals surface area contributed by atoms with Crippen molar-refractivity contribution in [2.45, 2.75) is 32.1 Å². The molecule has 1 saturated heterocycles. The fraction of sp³-hybridized carbons (Fsp3) is 0.360. The topological polar surface area (TPSA) is 130 Å². The lowest BCUT2D eigenvalue weighted by Gasteiger charge is -2.40. The van der Waals surface area contributed by atoms with Gasteiger partial charge >= 0.3 is 12.1 Å². The number of nitrogens with two attached hydrogens (primary N) is 1. The molecule has 1 heterocycles. The zero-order valence-electron chi connectivity index (χ0n) is 19.6. The van der Waals surface area contributed by atoms with Gasteiger partial charge in [0.05, 0.1) is 11.6 Å². The number of piperazine rings is 1. The van der Waals surface area contributed by atoms with Crippen molar-refractivity contribution in [1.82, 2.24) is 5.32 Å². The SMILES string of the molecule is CC(C)[C@H](N)C(=O)C1CNCCN1c1cccc2c1C(=O)c1ccccc1C2=O.O=C(O)C(F)(F)F. The van der Waals surface area contributed by atoms with Crippen LogP contribution < -0.4 is 16.0 Å². The lowest BCUT2D eigenvalue weighted by atomic mass is 9.82. The van der Waals surface area contributed by atoms with Gasteiger partial charge in [0.2, 0.25) is 0 Å². The predicted octanol–water partition coefficient (Wildman–Crippen LogP) is 2.43. The Morgan fingerprint density at radius 3 is 2.14 bits per heavy atom. The Bertz CT molecular complexity index is 1200. The molecule has 192 valence electrons. The van der Waals surface area contributed by atoms with Crippen molar-refractivity contribution in [3.8, 4) is 0 Å². The van der Waals surface area contributed by atoms with Gasteiger partial charge in [0.15, 0.2) is 17.3 Å². The number of hydrogen-bond donors (Lipinski definition) is 3. The molecule has 2 aromatic carbocycles. The van der Waals surface area contributed by atoms with Gasteiger partial charge in [-0.25, -0.2) is 4.79 Å². The zero-order valence-corrected chi connectivity index (χ0v) is 19.6. The minimum absolute atomic E-state index is 0.0195. The first kappa shape index (κ1) is 27.0. The Kier molecular flexibility index (Phi) is 7.95. The van der Waals surface area contributed by atoms with Crippen LogP contribution in [0.15, 0.2) is 42.5 Å². The normalized spacial score (nSPS) is 18.1. The summed E-state index contributed by atoms with van der Waals surface area (Å²) in [5.74, 6) is -3.13. The van der Waals surface area contributed by atoms with Gasteiger partial charge in [0.25, 0.3) is 0 Å². The van der Waals surface area contributed by atoms with Crippen LogP contribution in [0.25, 0.3) is 0 Å². The molecule has 8 nitrogen and oxygen atoms in total. The standard InChI is InChI=1S/C23H25N3O3.C2HF3O2/c1-13(2)20(24)23(29)18-12-25-10-11-26(18)17-9-5-8-16-19(17)22(28)15-7-4-3-6-14(15)21(16)27;3-2(4,5)1(6)7/h3-9,13,18,20,25H,10-12,24H2,1-2H3;(H,6,7)/t18?,20-;/m0./s1. The summed E-state index contributed by atoms with van der Waals surface area (Å²) < 4.78 is 31.7. The number of hydrogen-bond acceptors (Lipinski definition) is 7. The molecule has 1 aliphatic carbocycles. The number of aliphatic carboxylic acids is 1. The number of carboxylic acids is 1. The third-order valence-corrected chi connectivity index (χ3v) is 6.10. The molecule has 1 unspecified atom stereocenters. The van der Waals surface area contributed by atoms with E-state index in [0.29, 0.717) is 47.6 Å². The number of rotatable bonds is 4. The van der Waals surface area contributed by atoms with E-state index in [1.54, 1.807) is 36.4 Å². The number of carboxylic acid groups (broad SMARTS) is 1. The van der Waals surface area contributed by atoms with E-state index in [0.717, 1.165) is 0 Å². The molecular weight excluding hydrogens is 479 g/mol. The number of carbonyl (C=O) groups is 4. The molecule has 4 rings (SSSR count). The number of Topliss-reactive ketones (excluding diaryl/α,β-unsaturated/α-hetero) is 1. The van der Waals surface area contributed by atoms with Gasteiger partial charge in [0.1, 0.15) is 6.04 Å². The van der Waals surface area contributed by atoms with Crippen molar-refractivity contribution in [3.05, 3.63) is 64.7 Å². The molecule has 2 aliphatic rings. The van der Waals surface area contributed by atoms with E-state index in [4.69, 9.17) is 15.6 Å². The summed E-state index contributed by atoms with van der Waals surface area (Å²) in [5, 5.41) is 10.4. The van der Waals surface area contributed by atoms with Crippen molar-refractivity contribution in [3.63, 3.8) is 0 Å². The second-order valence-corrected chi connectivity index (χ2v) is 8.79. The number of anilines is 1. The first-order chi connectivity index (χ1) is 16.9. The number of halogens is 3. The maximum Gasteiger partial charge on any atom is 0.490 e. The lowest BCUT2D eigenvalue weighted by Crippen LogP contribution is -2.59. The Hall–Kier alpha value is -3.57. The fourth-order valence-corrected chi connectivity index (χ4v) is 4.16. The highest BCUT2D eigenvalue weighted by Crippen LogP contribution is 2.35. The molecular formula is C25H26F3N3O5. The van der Waals surface area contributed by atoms with E-state index in [1.165, 1.54) is 0 Å². The molecule has 0 radical (unpaired) electrons. The van der Waals surface area contributed by atoms with E-state index in [9.17, 15) is 27.6 Å². The molecule has 0 aromatic heterocycles. The quantitative estimate of drug-likeness (QED) is 0.493. The molecule has 0 spiro atoms. The predicted molar refractivity (Wildman–Crippen MR) is 125 cm³/mol. The number of nitrogens with one attached hydrogen (secondary N) is 1. The van der Waals surface area contributed by atoms with E-state index < -0.39 is 24.2 Å². The summed E-state index contributed by atoms with van der Waals surface area (Å²) in [5.41, 5.74) is 8.40. The van der Waals surface area contributed by atoms with E-state index in [1.807, 2.05) is 24.8 Å². The average molecular weight is 505 g/mol. The molecule has 2 aromatic rings. The van der Waals surface area contributed by atoms with Crippen molar-refractivity contribution in [2.24, 2.45) is 11.7 Å². The molecule has 0 bridgehead atoms. The van der Waals surface area contributed by atoms with Crippen LogP contribution in [-0.4, -0.2) is 66.3 Å². The van der Waals surface area contributed by atoms with Gasteiger partial charge in [0, 0.05) is 42.0 Å². The van der Waals surface area contributed by atoms with Crippen molar-refractivity contribution < 1.29 is 37.5 Å². The monoisotopic (exact) mass is 505 g/mol. The van der Waals surface area contributed by atoms with Gasteiger partial charge in [-0.3, -0.25) is 14.4 Å². The van der Waals surface area contributed by atoms with Gasteiger partial charge in [-0.2, -0.15) is 13.2 Å². The number of nitrogens with zero attached hydrogens (tertiary/aromatic N) is 1. The van der Waals surface area contributed by atoms with Gasteiger partial charge in [-0.15, -0.1) is 0 Å². The van der Waals surface area contributed by atoms with Crippen LogP contribution in [0.1, 0.15) is 45.7 Å². The third kappa shape index (κ3) is 5.31. The highest BCUT2D eigenvalue weighted by molar-refractivity contribution is 6.30. The number of alkyl halides is 3. The summed E-state index contributed by atoms with van der Waals surface area (Å²) in [4.78, 5) is 50.3. The summed E-state index contributed by atoms with van der Waals surface area (Å²) in [6, 6.07) is 11.1. The van der Waals surface area contributed by atoms with E-state index in [-0.39, 0.29) is 23.3 Å². The number of carbonyl (C=O) groups excluding carboxylic acids is 3. The lowest BCUT2D eigenvalue weighted by molar-refractivity contribution is -0.192. The molecule has 2 atom stereocenters. The van der Waals surface area contributed by atoms with Crippen molar-refractivity contribution >= 4 is 29.0 Å². The molecule has 11 heteroatoms. The van der Waals surface area contributed by atoms with E-state index >= 15 is 0 Å². The molecule has 1 fully saturated rings. The largest absolute Gasteiger partial charge is 0.490 e. The Balaban J connectivity index is 0.000000454. The highest BCUT2D eigenvalue weighted by Gasteiger charge is 2.39. The van der Waals surface area contributed by atoms with Crippen LogP contribution in [0.3, 0.4) is 0 Å². The van der Waals surface area contributed by atoms with Crippen LogP contribution in [0.5, 0.6) is 0 Å². The van der Waals surface area contributed by atoms with Gasteiger partial charge < -0.3 is 21.1 Å². The first-order valence-electron chi connectivity index (χ1n) is 11.2. The van der Waals surface area contributed by atoms with Crippen LogP contribution in [0.4, 0.5) is 18.9 Å². The minimum Gasteiger partial charge on any atom is -0.475 e. The Labute approximate surface area is 205 Å². The Morgan fingerprint density at radius 2 is 1.58 bits per heavy atom. The van der Waals surface area contributed by atoms with Crippen LogP contribution in [0, 0.1) is 5.92 Å². The second kappa shape index (κ2) is 10.6. The number of ketones is 3. The maximum absolute atomic E-state index is 13.3. The molecule has 1 aliphatic heterocycles. The summed E-state index contributed by atoms with van der Waals surface area (Å²) >= 11 is 0. The highest BCUT2D eigenvalue weighted by atomic mass is 19.4. The zero-order chi connectivity index (χ0) is 26.8. The maximum atomic E-state index is 13.3. The fourth-order valence-electron chi connectivity index (χ4n) is 4.16. The summed E-state index contributed by atoms with van der Waals surface area (Å²) in [7, 11) is 0. The molecule has 36 heavy (non-hydrogen) atoms. The van der Waals surface area contributed by atoms with Crippen LogP contribution in [-0.2, 0) is 9.59 Å². The molecule has 4 N–H and O–H groups in total.